The number of imidazole rings is 2. The van der Waals surface area contributed by atoms with E-state index < -0.39 is 24.3 Å². The number of amides is 4. The average molecular weight is 875 g/mol. The minimum Gasteiger partial charge on any atom is -0.465 e. The van der Waals surface area contributed by atoms with Gasteiger partial charge in [-0.25, -0.2) is 19.6 Å². The molecular formula is C48H58N8O8. The highest BCUT2D eigenvalue weighted by Gasteiger charge is 2.53. The number of carbonyl (C=O) groups is 4. The Labute approximate surface area is 371 Å². The number of ether oxygens (including phenoxy) is 3. The Morgan fingerprint density at radius 2 is 1.47 bits per heavy atom. The molecule has 7 aliphatic rings. The number of likely N-dealkylation sites (N-methyl/N-ethyl adjacent to an activating group) is 1. The van der Waals surface area contributed by atoms with E-state index in [1.54, 1.807) is 0 Å². The quantitative estimate of drug-likeness (QED) is 0.141. The molecule has 2 aromatic carbocycles. The zero-order valence-corrected chi connectivity index (χ0v) is 36.7. The number of methoxy groups -OCH3 is 1. The van der Waals surface area contributed by atoms with Crippen LogP contribution in [0.3, 0.4) is 0 Å². The molecular weight excluding hydrogens is 817 g/mol. The summed E-state index contributed by atoms with van der Waals surface area (Å²) in [7, 11) is 2.86. The third-order valence-corrected chi connectivity index (χ3v) is 15.6. The Balaban J connectivity index is 0.811. The molecule has 2 saturated carbocycles. The van der Waals surface area contributed by atoms with E-state index in [-0.39, 0.29) is 46.9 Å². The van der Waals surface area contributed by atoms with Gasteiger partial charge in [0.2, 0.25) is 11.8 Å². The molecule has 2 spiro atoms. The van der Waals surface area contributed by atoms with Crippen LogP contribution in [0.4, 0.5) is 9.59 Å². The van der Waals surface area contributed by atoms with Crippen molar-refractivity contribution in [3.8, 4) is 22.4 Å². The highest BCUT2D eigenvalue weighted by atomic mass is 16.5. The first-order valence-corrected chi connectivity index (χ1v) is 23.4. The van der Waals surface area contributed by atoms with Gasteiger partial charge in [-0.05, 0) is 131 Å². The molecule has 64 heavy (non-hydrogen) atoms. The van der Waals surface area contributed by atoms with E-state index >= 15 is 0 Å². The number of nitrogens with one attached hydrogen (secondary N) is 3. The molecule has 16 heteroatoms. The number of benzene rings is 2. The highest BCUT2D eigenvalue weighted by Crippen LogP contribution is 2.51. The fourth-order valence-electron chi connectivity index (χ4n) is 11.8. The van der Waals surface area contributed by atoms with Crippen LogP contribution in [0, 0.1) is 11.8 Å². The highest BCUT2D eigenvalue weighted by molar-refractivity contribution is 5.88. The lowest BCUT2D eigenvalue weighted by atomic mass is 9.85. The van der Waals surface area contributed by atoms with Gasteiger partial charge in [0, 0.05) is 38.9 Å². The van der Waals surface area contributed by atoms with Crippen molar-refractivity contribution in [1.29, 1.82) is 0 Å². The molecule has 3 aliphatic carbocycles. The van der Waals surface area contributed by atoms with E-state index in [0.717, 1.165) is 121 Å². The van der Waals surface area contributed by atoms with E-state index in [9.17, 15) is 24.3 Å². The molecule has 0 radical (unpaired) electrons. The van der Waals surface area contributed by atoms with E-state index in [1.165, 1.54) is 24.6 Å². The van der Waals surface area contributed by atoms with Crippen molar-refractivity contribution < 1.29 is 38.5 Å². The maximum Gasteiger partial charge on any atom is 0.407 e. The summed E-state index contributed by atoms with van der Waals surface area (Å²) in [6.45, 7) is 2.29. The Morgan fingerprint density at radius 1 is 0.828 bits per heavy atom. The molecule has 0 bridgehead atoms. The molecule has 338 valence electrons. The Morgan fingerprint density at radius 3 is 2.16 bits per heavy atom. The van der Waals surface area contributed by atoms with Gasteiger partial charge in [0.15, 0.2) is 0 Å². The van der Waals surface area contributed by atoms with Gasteiger partial charge in [0.1, 0.15) is 23.7 Å². The molecule has 16 nitrogen and oxygen atoms in total. The minimum absolute atomic E-state index is 0.0289. The van der Waals surface area contributed by atoms with Gasteiger partial charge in [-0.1, -0.05) is 24.3 Å². The van der Waals surface area contributed by atoms with Gasteiger partial charge in [-0.15, -0.1) is 0 Å². The van der Waals surface area contributed by atoms with Gasteiger partial charge in [-0.2, -0.15) is 0 Å². The van der Waals surface area contributed by atoms with Gasteiger partial charge in [0.05, 0.1) is 52.8 Å². The Hall–Kier alpha value is -5.48. The van der Waals surface area contributed by atoms with E-state index in [4.69, 9.17) is 24.2 Å². The number of aryl methyl sites for hydroxylation is 2. The molecule has 4 unspecified atom stereocenters. The van der Waals surface area contributed by atoms with Gasteiger partial charge in [-0.3, -0.25) is 14.5 Å². The van der Waals surface area contributed by atoms with Crippen molar-refractivity contribution in [2.24, 2.45) is 11.8 Å². The zero-order chi connectivity index (χ0) is 43.9. The largest absolute Gasteiger partial charge is 0.465 e. The van der Waals surface area contributed by atoms with Crippen LogP contribution in [0.1, 0.15) is 112 Å². The number of aromatic amines is 2. The fourth-order valence-corrected chi connectivity index (χ4v) is 11.8. The molecule has 4 N–H and O–H groups in total. The third kappa shape index (κ3) is 7.39. The lowest BCUT2D eigenvalue weighted by Crippen LogP contribution is -2.54. The topological polar surface area (TPSA) is 195 Å². The monoisotopic (exact) mass is 874 g/mol. The molecule has 2 aromatic heterocycles. The molecule has 6 heterocycles. The average Bonchev–Trinajstić information content (AvgIpc) is 3.83. The van der Waals surface area contributed by atoms with Crippen LogP contribution in [0.25, 0.3) is 33.4 Å². The molecule has 4 aliphatic heterocycles. The van der Waals surface area contributed by atoms with E-state index in [0.29, 0.717) is 45.6 Å². The third-order valence-electron chi connectivity index (χ3n) is 15.6. The lowest BCUT2D eigenvalue weighted by molar-refractivity contribution is -0.142. The summed E-state index contributed by atoms with van der Waals surface area (Å²) in [5, 5.41) is 13.0. The summed E-state index contributed by atoms with van der Waals surface area (Å²) < 4.78 is 17.1. The Bertz CT molecular complexity index is 2510. The number of alkyl carbamates (subject to hydrolysis) is 1. The van der Waals surface area contributed by atoms with Crippen molar-refractivity contribution in [3.05, 3.63) is 59.3 Å². The maximum absolute atomic E-state index is 14.4. The van der Waals surface area contributed by atoms with Gasteiger partial charge in [0.25, 0.3) is 0 Å². The second-order valence-electron chi connectivity index (χ2n) is 19.6. The molecule has 4 amide bonds. The first-order valence-electron chi connectivity index (χ1n) is 23.4. The standard InChI is InChI=1S/C48H58N8O8/c1-54(46(60)61)40(31-14-22-64-48(26-31)17-18-48)44(58)56-20-4-6-37(56)42-50-34-12-9-29-23-27(7-10-32(29)39(34)52-42)28-8-11-33-35(24-28)51-41(49-33)36-5-3-19-55(36)43(57)38(53-45(59)62-2)30-13-21-63-47(25-30)15-16-47/h7-8,10-11,23-24,30-31,36-38,40H,3-6,9,12-22,25-26H2,1-2H3,(H,49,51)(H,50,52)(H,53,59)(H,60,61)/t30?,31?,36-,37-,38?,40?/m0/s1. The smallest absolute Gasteiger partial charge is 0.407 e. The fraction of sp³-hybridized carbons (Fsp3) is 0.583. The number of aromatic nitrogens is 4. The number of H-pyrrole nitrogens is 2. The maximum atomic E-state index is 14.4. The summed E-state index contributed by atoms with van der Waals surface area (Å²) in [5.74, 6) is 1.16. The normalized spacial score (nSPS) is 26.0. The Kier molecular flexibility index (Phi) is 10.2. The van der Waals surface area contributed by atoms with Gasteiger partial charge < -0.3 is 44.4 Å². The molecule has 11 rings (SSSR count). The van der Waals surface area contributed by atoms with Crippen molar-refractivity contribution in [2.45, 2.75) is 125 Å². The van der Waals surface area contributed by atoms with Crippen molar-refractivity contribution in [2.75, 3.05) is 40.5 Å². The number of nitrogens with zero attached hydrogens (tertiary/aromatic N) is 5. The summed E-state index contributed by atoms with van der Waals surface area (Å²) in [4.78, 5) is 76.0. The van der Waals surface area contributed by atoms with Crippen molar-refractivity contribution in [1.82, 2.24) is 40.0 Å². The number of carbonyl (C=O) groups excluding carboxylic acids is 3. The summed E-state index contributed by atoms with van der Waals surface area (Å²) in [5.41, 5.74) is 7.80. The molecule has 4 saturated heterocycles. The van der Waals surface area contributed by atoms with Crippen molar-refractivity contribution >= 4 is 35.0 Å². The molecule has 4 aromatic rings. The van der Waals surface area contributed by atoms with Gasteiger partial charge >= 0.3 is 12.2 Å². The van der Waals surface area contributed by atoms with Crippen LogP contribution in [0.15, 0.2) is 36.4 Å². The SMILES string of the molecule is COC(=O)NC(C(=O)N1CCC[C@H]1c1nc2cc(-c3ccc4c(c3)CCc3nc([C@@H]5CCCN5C(=O)C(C5CCOC6(CC6)C5)N(C)C(=O)O)[nH]c3-4)ccc2[nH]1)C1CCOC2(CC2)C1. The minimum atomic E-state index is -1.09. The molecule has 6 fully saturated rings. The van der Waals surface area contributed by atoms with Crippen LogP contribution >= 0.6 is 0 Å². The van der Waals surface area contributed by atoms with E-state index in [1.807, 2.05) is 9.80 Å². The number of likely N-dealkylation sites (tertiary alicyclic amines) is 2. The summed E-state index contributed by atoms with van der Waals surface area (Å²) >= 11 is 0. The first kappa shape index (κ1) is 41.2. The first-order chi connectivity index (χ1) is 31.0. The predicted octanol–water partition coefficient (Wildman–Crippen LogP) is 6.67. The van der Waals surface area contributed by atoms with Crippen LogP contribution in [0.5, 0.6) is 0 Å². The number of carboxylic acid groups (broad SMARTS) is 1. The van der Waals surface area contributed by atoms with Crippen molar-refractivity contribution in [3.63, 3.8) is 0 Å². The van der Waals surface area contributed by atoms with Crippen LogP contribution in [-0.2, 0) is 36.6 Å². The number of hydrogen-bond acceptors (Lipinski definition) is 9. The number of fused-ring (bicyclic) bond motifs is 4. The zero-order valence-electron chi connectivity index (χ0n) is 36.7. The van der Waals surface area contributed by atoms with Crippen LogP contribution in [0.2, 0.25) is 0 Å². The number of rotatable bonds is 9. The number of hydrogen-bond donors (Lipinski definition) is 4. The second kappa shape index (κ2) is 15.9. The van der Waals surface area contributed by atoms with Crippen LogP contribution in [-0.4, -0.2) is 127 Å². The second-order valence-corrected chi connectivity index (χ2v) is 19.6. The molecule has 6 atom stereocenters. The van der Waals surface area contributed by atoms with E-state index in [2.05, 4.69) is 51.7 Å². The predicted molar refractivity (Wildman–Crippen MR) is 234 cm³/mol. The summed E-state index contributed by atoms with van der Waals surface area (Å²) in [6, 6.07) is 10.9. The lowest BCUT2D eigenvalue weighted by Gasteiger charge is -2.40. The summed E-state index contributed by atoms with van der Waals surface area (Å²) in [6.07, 6.45) is 9.87. The van der Waals surface area contributed by atoms with Crippen LogP contribution < -0.4 is 5.32 Å².